The second kappa shape index (κ2) is 50.0. The summed E-state index contributed by atoms with van der Waals surface area (Å²) in [5.41, 5.74) is 0. The van der Waals surface area contributed by atoms with E-state index in [1.165, 1.54) is 199 Å². The Morgan fingerprint density at radius 2 is 0.783 bits per heavy atom. The van der Waals surface area contributed by atoms with Crippen molar-refractivity contribution in [3.63, 3.8) is 0 Å². The Morgan fingerprint density at radius 3 is 1.18 bits per heavy atom. The van der Waals surface area contributed by atoms with Crippen LogP contribution < -0.4 is 5.32 Å². The predicted molar refractivity (Wildman–Crippen MR) is 260 cm³/mol. The van der Waals surface area contributed by atoms with Gasteiger partial charge in [-0.3, -0.25) is 9.59 Å². The van der Waals surface area contributed by atoms with Gasteiger partial charge in [-0.2, -0.15) is 0 Å². The van der Waals surface area contributed by atoms with E-state index in [4.69, 9.17) is 4.74 Å². The molecule has 0 heterocycles. The number of allylic oxidation sites excluding steroid dienone is 3. The SMILES string of the molecule is CCCCCCCCC/C=C\CCCCCCCC(=O)OCCCCCCCCCCCCC(=O)NC(CO)C(O)/C=C/CCCCCCCCCCCCCCCCC. The zero-order valence-electron chi connectivity index (χ0n) is 40.2. The first-order valence-electron chi connectivity index (χ1n) is 26.6. The average molecular weight is 846 g/mol. The van der Waals surface area contributed by atoms with Crippen LogP contribution in [0.3, 0.4) is 0 Å². The number of aliphatic hydroxyl groups is 2. The first kappa shape index (κ1) is 58.3. The normalized spacial score (nSPS) is 12.8. The summed E-state index contributed by atoms with van der Waals surface area (Å²) in [6.07, 6.45) is 58.9. The third-order valence-electron chi connectivity index (χ3n) is 12.2. The molecule has 60 heavy (non-hydrogen) atoms. The lowest BCUT2D eigenvalue weighted by Gasteiger charge is -2.20. The molecule has 0 saturated carbocycles. The van der Waals surface area contributed by atoms with Crippen molar-refractivity contribution in [1.29, 1.82) is 0 Å². The standard InChI is InChI=1S/C54H103NO5/c1-3-5-7-9-11-13-15-17-19-21-22-24-26-30-34-38-42-46-52(57)51(50-56)55-53(58)47-43-39-35-31-28-29-33-37-41-45-49-60-54(59)48-44-40-36-32-27-25-23-20-18-16-14-12-10-8-6-4-2/h20,23,42,46,51-52,56-57H,3-19,21-22,24-41,43-45,47-50H2,1-2H3,(H,55,58)/b23-20-,46-42+. The summed E-state index contributed by atoms with van der Waals surface area (Å²) in [6.45, 7) is 4.85. The smallest absolute Gasteiger partial charge is 0.305 e. The van der Waals surface area contributed by atoms with Crippen LogP contribution in [0.25, 0.3) is 0 Å². The van der Waals surface area contributed by atoms with Crippen LogP contribution in [0.15, 0.2) is 24.3 Å². The second-order valence-corrected chi connectivity index (χ2v) is 18.2. The summed E-state index contributed by atoms with van der Waals surface area (Å²) in [4.78, 5) is 24.5. The van der Waals surface area contributed by atoms with E-state index in [-0.39, 0.29) is 18.5 Å². The highest BCUT2D eigenvalue weighted by Crippen LogP contribution is 2.16. The molecule has 0 aliphatic carbocycles. The van der Waals surface area contributed by atoms with Gasteiger partial charge in [0, 0.05) is 12.8 Å². The Hall–Kier alpha value is -1.66. The number of rotatable bonds is 49. The van der Waals surface area contributed by atoms with E-state index >= 15 is 0 Å². The van der Waals surface area contributed by atoms with Gasteiger partial charge in [0.05, 0.1) is 25.4 Å². The van der Waals surface area contributed by atoms with Crippen molar-refractivity contribution in [3.8, 4) is 0 Å². The highest BCUT2D eigenvalue weighted by molar-refractivity contribution is 5.76. The van der Waals surface area contributed by atoms with E-state index in [1.807, 2.05) is 6.08 Å². The van der Waals surface area contributed by atoms with Gasteiger partial charge in [-0.25, -0.2) is 0 Å². The number of unbranched alkanes of at least 4 members (excludes halogenated alkanes) is 36. The maximum absolute atomic E-state index is 12.4. The van der Waals surface area contributed by atoms with E-state index in [9.17, 15) is 19.8 Å². The summed E-state index contributed by atoms with van der Waals surface area (Å²) in [5, 5.41) is 23.1. The van der Waals surface area contributed by atoms with Crippen molar-refractivity contribution in [2.24, 2.45) is 0 Å². The first-order valence-corrected chi connectivity index (χ1v) is 26.6. The van der Waals surface area contributed by atoms with Gasteiger partial charge in [-0.05, 0) is 57.8 Å². The molecule has 354 valence electrons. The Labute approximate surface area is 373 Å². The van der Waals surface area contributed by atoms with Gasteiger partial charge in [0.1, 0.15) is 0 Å². The minimum Gasteiger partial charge on any atom is -0.466 e. The van der Waals surface area contributed by atoms with Gasteiger partial charge in [0.15, 0.2) is 0 Å². The van der Waals surface area contributed by atoms with E-state index in [2.05, 4.69) is 31.3 Å². The maximum atomic E-state index is 12.4. The van der Waals surface area contributed by atoms with Gasteiger partial charge in [-0.15, -0.1) is 0 Å². The fraction of sp³-hybridized carbons (Fsp3) is 0.889. The largest absolute Gasteiger partial charge is 0.466 e. The van der Waals surface area contributed by atoms with Gasteiger partial charge in [0.2, 0.25) is 5.91 Å². The second-order valence-electron chi connectivity index (χ2n) is 18.2. The van der Waals surface area contributed by atoms with Gasteiger partial charge in [-0.1, -0.05) is 237 Å². The monoisotopic (exact) mass is 846 g/mol. The van der Waals surface area contributed by atoms with Crippen LogP contribution in [-0.4, -0.2) is 47.4 Å². The fourth-order valence-corrected chi connectivity index (χ4v) is 8.10. The average Bonchev–Trinajstić information content (AvgIpc) is 3.25. The minimum absolute atomic E-state index is 0.0281. The van der Waals surface area contributed by atoms with Crippen molar-refractivity contribution in [2.45, 2.75) is 296 Å². The quantitative estimate of drug-likeness (QED) is 0.0322. The molecule has 0 saturated heterocycles. The highest BCUT2D eigenvalue weighted by Gasteiger charge is 2.18. The number of carbonyl (C=O) groups excluding carboxylic acids is 2. The number of aliphatic hydroxyl groups excluding tert-OH is 2. The molecule has 1 amide bonds. The Balaban J connectivity index is 3.52. The van der Waals surface area contributed by atoms with E-state index in [0.717, 1.165) is 57.8 Å². The van der Waals surface area contributed by atoms with Crippen LogP contribution in [0.4, 0.5) is 0 Å². The molecule has 0 aromatic rings. The third-order valence-corrected chi connectivity index (χ3v) is 12.2. The Bertz CT molecular complexity index is 935. The molecule has 3 N–H and O–H groups in total. The molecule has 0 rings (SSSR count). The molecule has 0 spiro atoms. The number of hydrogen-bond donors (Lipinski definition) is 3. The number of nitrogens with one attached hydrogen (secondary N) is 1. The van der Waals surface area contributed by atoms with Gasteiger partial charge >= 0.3 is 5.97 Å². The predicted octanol–water partition coefficient (Wildman–Crippen LogP) is 15.9. The number of esters is 1. The Morgan fingerprint density at radius 1 is 0.450 bits per heavy atom. The van der Waals surface area contributed by atoms with Crippen molar-refractivity contribution >= 4 is 11.9 Å². The lowest BCUT2D eigenvalue weighted by atomic mass is 10.0. The molecule has 0 radical (unpaired) electrons. The minimum atomic E-state index is -0.859. The maximum Gasteiger partial charge on any atom is 0.305 e. The van der Waals surface area contributed by atoms with Crippen LogP contribution in [-0.2, 0) is 14.3 Å². The summed E-state index contributed by atoms with van der Waals surface area (Å²) in [6, 6.07) is -0.645. The summed E-state index contributed by atoms with van der Waals surface area (Å²) in [5.74, 6) is -0.118. The number of amides is 1. The van der Waals surface area contributed by atoms with Crippen molar-refractivity contribution in [3.05, 3.63) is 24.3 Å². The summed E-state index contributed by atoms with van der Waals surface area (Å²) < 4.78 is 5.46. The molecule has 0 aromatic carbocycles. The molecule has 2 atom stereocenters. The van der Waals surface area contributed by atoms with Crippen LogP contribution >= 0.6 is 0 Å². The fourth-order valence-electron chi connectivity index (χ4n) is 8.10. The number of hydrogen-bond acceptors (Lipinski definition) is 5. The summed E-state index contributed by atoms with van der Waals surface area (Å²) >= 11 is 0. The summed E-state index contributed by atoms with van der Waals surface area (Å²) in [7, 11) is 0. The lowest BCUT2D eigenvalue weighted by Crippen LogP contribution is -2.45. The van der Waals surface area contributed by atoms with Crippen molar-refractivity contribution < 1.29 is 24.5 Å². The Kier molecular flexibility index (Phi) is 48.6. The van der Waals surface area contributed by atoms with Crippen LogP contribution in [0.1, 0.15) is 284 Å². The van der Waals surface area contributed by atoms with E-state index < -0.39 is 12.1 Å². The zero-order valence-corrected chi connectivity index (χ0v) is 40.2. The lowest BCUT2D eigenvalue weighted by molar-refractivity contribution is -0.143. The van der Waals surface area contributed by atoms with Gasteiger partial charge in [0.25, 0.3) is 0 Å². The molecule has 0 aliphatic heterocycles. The molecule has 6 heteroatoms. The van der Waals surface area contributed by atoms with Gasteiger partial charge < -0.3 is 20.3 Å². The molecule has 0 fully saturated rings. The molecular formula is C54H103NO5. The van der Waals surface area contributed by atoms with Crippen LogP contribution in [0.5, 0.6) is 0 Å². The third kappa shape index (κ3) is 45.9. The number of ether oxygens (including phenoxy) is 1. The first-order chi connectivity index (χ1) is 29.5. The topological polar surface area (TPSA) is 95.9 Å². The molecule has 0 aliphatic rings. The van der Waals surface area contributed by atoms with Crippen LogP contribution in [0, 0.1) is 0 Å². The zero-order chi connectivity index (χ0) is 43.7. The molecule has 2 unspecified atom stereocenters. The molecule has 0 bridgehead atoms. The van der Waals surface area contributed by atoms with Crippen molar-refractivity contribution in [2.75, 3.05) is 13.2 Å². The van der Waals surface area contributed by atoms with E-state index in [0.29, 0.717) is 19.4 Å². The molecular weight excluding hydrogens is 743 g/mol. The highest BCUT2D eigenvalue weighted by atomic mass is 16.5. The van der Waals surface area contributed by atoms with Crippen LogP contribution in [0.2, 0.25) is 0 Å². The van der Waals surface area contributed by atoms with E-state index in [1.54, 1.807) is 6.08 Å². The number of carbonyl (C=O) groups is 2. The molecule has 0 aromatic heterocycles. The molecule has 6 nitrogen and oxygen atoms in total. The van der Waals surface area contributed by atoms with Crippen molar-refractivity contribution in [1.82, 2.24) is 5.32 Å².